The molecule has 1 amide bonds. The molecular weight excluding hydrogens is 418 g/mol. The van der Waals surface area contributed by atoms with Gasteiger partial charge in [0.25, 0.3) is 0 Å². The Morgan fingerprint density at radius 1 is 1.32 bits per heavy atom. The van der Waals surface area contributed by atoms with Gasteiger partial charge in [-0.1, -0.05) is 6.07 Å². The lowest BCUT2D eigenvalue weighted by Crippen LogP contribution is -2.21. The number of halogens is 1. The molecule has 0 aliphatic heterocycles. The van der Waals surface area contributed by atoms with Crippen LogP contribution in [0, 0.1) is 0 Å². The fraction of sp³-hybridized carbons (Fsp3) is 0.167. The molecule has 4 N–H and O–H groups in total. The molecule has 1 aromatic carbocycles. The minimum Gasteiger partial charge on any atom is -0.497 e. The molecule has 3 rings (SSSR count). The normalized spacial score (nSPS) is 10.9. The molecule has 0 radical (unpaired) electrons. The van der Waals surface area contributed by atoms with Crippen LogP contribution in [-0.2, 0) is 11.3 Å². The Bertz CT molecular complexity index is 970. The average Bonchev–Trinajstić information content (AvgIpc) is 3.29. The highest BCUT2D eigenvalue weighted by Gasteiger charge is 2.08. The first-order chi connectivity index (χ1) is 13.0. The number of aromatic nitrogens is 1. The number of nitrogens with zero attached hydrogens (tertiary/aromatic N) is 2. The molecule has 0 unspecified atom stereocenters. The Kier molecular flexibility index (Phi) is 7.80. The van der Waals surface area contributed by atoms with E-state index in [1.165, 1.54) is 18.3 Å². The van der Waals surface area contributed by atoms with Gasteiger partial charge in [-0.05, 0) is 24.3 Å². The first-order valence-corrected chi connectivity index (χ1v) is 9.77. The third kappa shape index (κ3) is 5.95. The van der Waals surface area contributed by atoms with Crippen molar-refractivity contribution in [3.63, 3.8) is 0 Å². The summed E-state index contributed by atoms with van der Waals surface area (Å²) in [5.74, 6) is 0.938. The zero-order valence-electron chi connectivity index (χ0n) is 15.3. The molecule has 2 aromatic heterocycles. The molecule has 0 saturated heterocycles. The highest BCUT2D eigenvalue weighted by atomic mass is 35.5. The number of rotatable bonds is 6. The second kappa shape index (κ2) is 10.1. The number of methoxy groups -OCH3 is 1. The lowest BCUT2D eigenvalue weighted by molar-refractivity contribution is -0.119. The number of thiophene rings is 1. The number of hydrogen-bond acceptors (Lipinski definition) is 6. The van der Waals surface area contributed by atoms with Gasteiger partial charge in [0.05, 0.1) is 24.2 Å². The Balaban J connectivity index is 0.00000280. The van der Waals surface area contributed by atoms with E-state index < -0.39 is 0 Å². The lowest BCUT2D eigenvalue weighted by Gasteiger charge is -2.06. The molecule has 0 spiro atoms. The first-order valence-electron chi connectivity index (χ1n) is 8.08. The van der Waals surface area contributed by atoms with Crippen molar-refractivity contribution in [1.29, 1.82) is 0 Å². The number of nitrogens with two attached hydrogens (primary N) is 1. The minimum absolute atomic E-state index is 0. The van der Waals surface area contributed by atoms with Crippen LogP contribution in [-0.4, -0.2) is 24.0 Å². The number of nitrogens with one attached hydrogen (secondary N) is 2. The van der Waals surface area contributed by atoms with Crippen molar-refractivity contribution in [3.05, 3.63) is 46.7 Å². The highest BCUT2D eigenvalue weighted by molar-refractivity contribution is 7.16. The summed E-state index contributed by atoms with van der Waals surface area (Å²) in [4.78, 5) is 21.9. The fourth-order valence-electron chi connectivity index (χ4n) is 2.23. The molecule has 0 aliphatic carbocycles. The second-order valence-electron chi connectivity index (χ2n) is 5.55. The molecular formula is C18H20ClN5O2S2. The zero-order valence-corrected chi connectivity index (χ0v) is 17.7. The van der Waals surface area contributed by atoms with Gasteiger partial charge in [-0.15, -0.1) is 35.1 Å². The second-order valence-corrected chi connectivity index (χ2v) is 7.55. The van der Waals surface area contributed by atoms with Gasteiger partial charge in [-0.2, -0.15) is 4.99 Å². The number of benzene rings is 1. The van der Waals surface area contributed by atoms with Crippen molar-refractivity contribution in [2.75, 3.05) is 12.4 Å². The zero-order chi connectivity index (χ0) is 19.2. The average molecular weight is 438 g/mol. The van der Waals surface area contributed by atoms with Crippen molar-refractivity contribution < 1.29 is 9.53 Å². The van der Waals surface area contributed by atoms with E-state index in [9.17, 15) is 4.79 Å². The molecule has 2 heterocycles. The summed E-state index contributed by atoms with van der Waals surface area (Å²) < 4.78 is 5.19. The Morgan fingerprint density at radius 2 is 2.14 bits per heavy atom. The number of amides is 1. The van der Waals surface area contributed by atoms with E-state index in [2.05, 4.69) is 20.6 Å². The SMILES string of the molecule is COc1cccc(NC(N)=Nc2nc(-c3ccc(CNC(C)=O)s3)cs2)c1.Cl. The quantitative estimate of drug-likeness (QED) is 0.399. The van der Waals surface area contributed by atoms with Crippen molar-refractivity contribution in [2.24, 2.45) is 10.7 Å². The standard InChI is InChI=1S/C18H19N5O2S2.ClH/c1-11(24)20-9-14-6-7-16(27-14)15-10-26-18(22-15)23-17(19)21-12-4-3-5-13(8-12)25-2;/h3-8,10H,9H2,1-2H3,(H,20,24)(H3,19,21,22,23);1H. The van der Waals surface area contributed by atoms with E-state index in [0.29, 0.717) is 11.7 Å². The summed E-state index contributed by atoms with van der Waals surface area (Å²) in [6.45, 7) is 2.02. The summed E-state index contributed by atoms with van der Waals surface area (Å²) in [6.07, 6.45) is 0. The molecule has 3 aromatic rings. The summed E-state index contributed by atoms with van der Waals surface area (Å²) in [7, 11) is 1.61. The molecule has 28 heavy (non-hydrogen) atoms. The minimum atomic E-state index is -0.0470. The maximum absolute atomic E-state index is 11.0. The topological polar surface area (TPSA) is 102 Å². The summed E-state index contributed by atoms with van der Waals surface area (Å²) in [6, 6.07) is 11.4. The van der Waals surface area contributed by atoms with Gasteiger partial charge in [0, 0.05) is 28.9 Å². The van der Waals surface area contributed by atoms with E-state index >= 15 is 0 Å². The van der Waals surface area contributed by atoms with Gasteiger partial charge in [-0.25, -0.2) is 4.98 Å². The van der Waals surface area contributed by atoms with Crippen LogP contribution in [0.2, 0.25) is 0 Å². The molecule has 0 atom stereocenters. The van der Waals surface area contributed by atoms with E-state index in [1.807, 2.05) is 41.8 Å². The van der Waals surface area contributed by atoms with Crippen LogP contribution in [0.1, 0.15) is 11.8 Å². The number of aliphatic imine (C=N–C) groups is 1. The van der Waals surface area contributed by atoms with Gasteiger partial charge in [0.2, 0.25) is 17.0 Å². The number of guanidine groups is 1. The van der Waals surface area contributed by atoms with Gasteiger partial charge >= 0.3 is 0 Å². The highest BCUT2D eigenvalue weighted by Crippen LogP contribution is 2.31. The molecule has 10 heteroatoms. The number of thiazole rings is 1. The smallest absolute Gasteiger partial charge is 0.217 e. The maximum Gasteiger partial charge on any atom is 0.217 e. The van der Waals surface area contributed by atoms with Crippen LogP contribution in [0.25, 0.3) is 10.6 Å². The van der Waals surface area contributed by atoms with Crippen LogP contribution in [0.3, 0.4) is 0 Å². The monoisotopic (exact) mass is 437 g/mol. The van der Waals surface area contributed by atoms with Gasteiger partial charge in [0.1, 0.15) is 5.75 Å². The number of hydrogen-bond donors (Lipinski definition) is 3. The summed E-state index contributed by atoms with van der Waals surface area (Å²) in [5.41, 5.74) is 7.60. The fourth-order valence-corrected chi connectivity index (χ4v) is 3.91. The van der Waals surface area contributed by atoms with Crippen LogP contribution in [0.4, 0.5) is 10.8 Å². The van der Waals surface area contributed by atoms with Crippen molar-refractivity contribution in [3.8, 4) is 16.3 Å². The summed E-state index contributed by atoms with van der Waals surface area (Å²) >= 11 is 3.00. The van der Waals surface area contributed by atoms with Gasteiger partial charge < -0.3 is 21.1 Å². The largest absolute Gasteiger partial charge is 0.497 e. The van der Waals surface area contributed by atoms with E-state index in [1.54, 1.807) is 18.4 Å². The van der Waals surface area contributed by atoms with E-state index in [4.69, 9.17) is 10.5 Å². The van der Waals surface area contributed by atoms with E-state index in [0.717, 1.165) is 26.9 Å². The Hall–Kier alpha value is -2.62. The van der Waals surface area contributed by atoms with Crippen molar-refractivity contribution >= 4 is 57.8 Å². The summed E-state index contributed by atoms with van der Waals surface area (Å²) in [5, 5.41) is 8.31. The first kappa shape index (κ1) is 21.7. The van der Waals surface area contributed by atoms with Crippen LogP contribution >= 0.6 is 35.1 Å². The molecule has 7 nitrogen and oxygen atoms in total. The number of carbonyl (C=O) groups excluding carboxylic acids is 1. The van der Waals surface area contributed by atoms with Gasteiger partial charge in [0.15, 0.2) is 0 Å². The van der Waals surface area contributed by atoms with Gasteiger partial charge in [-0.3, -0.25) is 4.79 Å². The Morgan fingerprint density at radius 3 is 2.89 bits per heavy atom. The Labute approximate surface area is 177 Å². The molecule has 0 saturated carbocycles. The third-order valence-corrected chi connectivity index (χ3v) is 5.32. The molecule has 148 valence electrons. The third-order valence-electron chi connectivity index (χ3n) is 3.48. The lowest BCUT2D eigenvalue weighted by atomic mass is 10.3. The molecule has 0 bridgehead atoms. The molecule has 0 aliphatic rings. The van der Waals surface area contributed by atoms with Crippen molar-refractivity contribution in [2.45, 2.75) is 13.5 Å². The van der Waals surface area contributed by atoms with Crippen LogP contribution < -0.4 is 21.1 Å². The van der Waals surface area contributed by atoms with E-state index in [-0.39, 0.29) is 24.3 Å². The molecule has 0 fully saturated rings. The predicted octanol–water partition coefficient (Wildman–Crippen LogP) is 4.00. The number of ether oxygens (including phenoxy) is 1. The van der Waals surface area contributed by atoms with Crippen LogP contribution in [0.5, 0.6) is 5.75 Å². The van der Waals surface area contributed by atoms with Crippen molar-refractivity contribution in [1.82, 2.24) is 10.3 Å². The number of anilines is 1. The maximum atomic E-state index is 11.0. The predicted molar refractivity (Wildman–Crippen MR) is 118 cm³/mol. The number of carbonyl (C=O) groups is 1. The van der Waals surface area contributed by atoms with Crippen LogP contribution in [0.15, 0.2) is 46.8 Å².